The first kappa shape index (κ1) is 14.8. The van der Waals surface area contributed by atoms with Crippen molar-refractivity contribution in [1.82, 2.24) is 14.8 Å². The van der Waals surface area contributed by atoms with Crippen molar-refractivity contribution in [2.24, 2.45) is 0 Å². The average Bonchev–Trinajstić information content (AvgIpc) is 2.86. The van der Waals surface area contributed by atoms with Gasteiger partial charge in [-0.15, -0.1) is 5.10 Å². The summed E-state index contributed by atoms with van der Waals surface area (Å²) in [6, 6.07) is 4.81. The maximum absolute atomic E-state index is 11.2. The highest BCUT2D eigenvalue weighted by Gasteiger charge is 2.16. The molecule has 1 aromatic carbocycles. The summed E-state index contributed by atoms with van der Waals surface area (Å²) in [6.45, 7) is 0.103. The van der Waals surface area contributed by atoms with E-state index in [4.69, 9.17) is 23.2 Å². The fraction of sp³-hybridized carbons (Fsp3) is 0.250. The van der Waals surface area contributed by atoms with Crippen LogP contribution in [-0.4, -0.2) is 33.0 Å². The largest absolute Gasteiger partial charge is 0.463 e. The molecular weight excluding hydrogens is 305 g/mol. The Morgan fingerprint density at radius 3 is 2.90 bits per heavy atom. The predicted octanol–water partition coefficient (Wildman–Crippen LogP) is 2.11. The lowest BCUT2D eigenvalue weighted by Crippen LogP contribution is -2.11. The van der Waals surface area contributed by atoms with Gasteiger partial charge >= 0.3 is 5.97 Å². The summed E-state index contributed by atoms with van der Waals surface area (Å²) in [5.74, 6) is -0.704. The zero-order valence-corrected chi connectivity index (χ0v) is 12.0. The summed E-state index contributed by atoms with van der Waals surface area (Å²) in [4.78, 5) is 15.0. The number of nitrogens with zero attached hydrogens (tertiary/aromatic N) is 3. The predicted molar refractivity (Wildman–Crippen MR) is 72.8 cm³/mol. The van der Waals surface area contributed by atoms with Gasteiger partial charge < -0.3 is 9.84 Å². The minimum atomic E-state index is -0.896. The second-order valence-corrected chi connectivity index (χ2v) is 4.81. The molecule has 2 rings (SSSR count). The molecule has 0 bridgehead atoms. The van der Waals surface area contributed by atoms with E-state index in [0.29, 0.717) is 15.6 Å². The van der Waals surface area contributed by atoms with Crippen molar-refractivity contribution in [2.75, 3.05) is 7.11 Å². The van der Waals surface area contributed by atoms with Gasteiger partial charge in [0.2, 0.25) is 0 Å². The molecule has 0 aliphatic carbocycles. The molecule has 20 heavy (non-hydrogen) atoms. The lowest BCUT2D eigenvalue weighted by Gasteiger charge is -2.12. The molecule has 1 heterocycles. The fourth-order valence-corrected chi connectivity index (χ4v) is 2.15. The van der Waals surface area contributed by atoms with Crippen LogP contribution >= 0.6 is 23.2 Å². The minimum absolute atomic E-state index is 0.0677. The van der Waals surface area contributed by atoms with Crippen LogP contribution in [0.2, 0.25) is 10.0 Å². The number of rotatable bonds is 4. The zero-order chi connectivity index (χ0) is 14.7. The Morgan fingerprint density at radius 2 is 2.25 bits per heavy atom. The minimum Gasteiger partial charge on any atom is -0.463 e. The highest BCUT2D eigenvalue weighted by molar-refractivity contribution is 6.35. The number of aromatic nitrogens is 3. The lowest BCUT2D eigenvalue weighted by atomic mass is 10.1. The number of aliphatic hydroxyl groups is 1. The van der Waals surface area contributed by atoms with E-state index in [-0.39, 0.29) is 12.4 Å². The molecule has 1 unspecified atom stereocenters. The van der Waals surface area contributed by atoms with Crippen LogP contribution < -0.4 is 0 Å². The van der Waals surface area contributed by atoms with Crippen LogP contribution in [0.15, 0.2) is 24.5 Å². The summed E-state index contributed by atoms with van der Waals surface area (Å²) in [6.07, 6.45) is 0.436. The van der Waals surface area contributed by atoms with Gasteiger partial charge in [-0.25, -0.2) is 14.5 Å². The molecule has 2 aromatic rings. The first-order valence-electron chi connectivity index (χ1n) is 5.62. The Bertz CT molecular complexity index is 630. The molecule has 6 nitrogen and oxygen atoms in total. The van der Waals surface area contributed by atoms with E-state index in [9.17, 15) is 9.90 Å². The number of esters is 1. The summed E-state index contributed by atoms with van der Waals surface area (Å²) >= 11 is 11.8. The van der Waals surface area contributed by atoms with Gasteiger partial charge in [0.15, 0.2) is 0 Å². The molecule has 8 heteroatoms. The number of hydrogen-bond acceptors (Lipinski definition) is 5. The second kappa shape index (κ2) is 6.21. The Kier molecular flexibility index (Phi) is 4.59. The van der Waals surface area contributed by atoms with Crippen molar-refractivity contribution in [3.8, 4) is 0 Å². The highest BCUT2D eigenvalue weighted by Crippen LogP contribution is 2.26. The molecule has 106 valence electrons. The summed E-state index contributed by atoms with van der Waals surface area (Å²) in [5, 5.41) is 14.9. The Morgan fingerprint density at radius 1 is 1.50 bits per heavy atom. The number of halogens is 2. The number of benzene rings is 1. The third kappa shape index (κ3) is 3.27. The standard InChI is InChI=1S/C12H11Cl2N3O3/c1-20-12(19)11-15-6-17(16-11)5-10(18)8-3-2-7(13)4-9(8)14/h2-4,6,10,18H,5H2,1H3. The molecule has 0 fully saturated rings. The zero-order valence-electron chi connectivity index (χ0n) is 10.5. The molecular formula is C12H11Cl2N3O3. The molecule has 0 saturated heterocycles. The average molecular weight is 316 g/mol. The van der Waals surface area contributed by atoms with Gasteiger partial charge in [0, 0.05) is 15.6 Å². The molecule has 0 radical (unpaired) electrons. The van der Waals surface area contributed by atoms with Gasteiger partial charge in [-0.3, -0.25) is 0 Å². The van der Waals surface area contributed by atoms with Gasteiger partial charge in [0.25, 0.3) is 5.82 Å². The summed E-state index contributed by atoms with van der Waals surface area (Å²) < 4.78 is 5.83. The number of carbonyl (C=O) groups excluding carboxylic acids is 1. The number of ether oxygens (including phenoxy) is 1. The van der Waals surface area contributed by atoms with Gasteiger partial charge in [-0.1, -0.05) is 29.3 Å². The SMILES string of the molecule is COC(=O)c1ncn(CC(O)c2ccc(Cl)cc2Cl)n1. The molecule has 0 amide bonds. The van der Waals surface area contributed by atoms with Crippen LogP contribution in [-0.2, 0) is 11.3 Å². The van der Waals surface area contributed by atoms with Crippen molar-refractivity contribution < 1.29 is 14.6 Å². The normalized spacial score (nSPS) is 12.2. The van der Waals surface area contributed by atoms with E-state index in [1.54, 1.807) is 18.2 Å². The quantitative estimate of drug-likeness (QED) is 0.874. The number of aliphatic hydroxyl groups excluding tert-OH is 1. The molecule has 1 atom stereocenters. The van der Waals surface area contributed by atoms with Crippen LogP contribution in [0, 0.1) is 0 Å². The second-order valence-electron chi connectivity index (χ2n) is 3.96. The molecule has 1 aromatic heterocycles. The highest BCUT2D eigenvalue weighted by atomic mass is 35.5. The van der Waals surface area contributed by atoms with E-state index in [2.05, 4.69) is 14.8 Å². The van der Waals surface area contributed by atoms with E-state index in [1.165, 1.54) is 18.1 Å². The Balaban J connectivity index is 2.13. The Labute approximate surface area is 124 Å². The van der Waals surface area contributed by atoms with Crippen LogP contribution in [0.1, 0.15) is 22.3 Å². The third-order valence-corrected chi connectivity index (χ3v) is 3.15. The van der Waals surface area contributed by atoms with Gasteiger partial charge in [-0.2, -0.15) is 0 Å². The lowest BCUT2D eigenvalue weighted by molar-refractivity contribution is 0.0585. The fourth-order valence-electron chi connectivity index (χ4n) is 1.61. The van der Waals surface area contributed by atoms with Gasteiger partial charge in [-0.05, 0) is 12.1 Å². The van der Waals surface area contributed by atoms with Crippen molar-refractivity contribution >= 4 is 29.2 Å². The maximum Gasteiger partial charge on any atom is 0.377 e. The maximum atomic E-state index is 11.2. The number of methoxy groups -OCH3 is 1. The van der Waals surface area contributed by atoms with Gasteiger partial charge in [0.05, 0.1) is 13.7 Å². The van der Waals surface area contributed by atoms with Crippen molar-refractivity contribution in [3.05, 3.63) is 46.0 Å². The molecule has 0 spiro atoms. The van der Waals surface area contributed by atoms with Crippen molar-refractivity contribution in [1.29, 1.82) is 0 Å². The van der Waals surface area contributed by atoms with Crippen molar-refractivity contribution in [3.63, 3.8) is 0 Å². The van der Waals surface area contributed by atoms with Crippen LogP contribution in [0.5, 0.6) is 0 Å². The topological polar surface area (TPSA) is 77.2 Å². The van der Waals surface area contributed by atoms with Crippen molar-refractivity contribution in [2.45, 2.75) is 12.6 Å². The van der Waals surface area contributed by atoms with E-state index < -0.39 is 12.1 Å². The van der Waals surface area contributed by atoms with Crippen LogP contribution in [0.4, 0.5) is 0 Å². The van der Waals surface area contributed by atoms with Crippen LogP contribution in [0.3, 0.4) is 0 Å². The molecule has 1 N–H and O–H groups in total. The van der Waals surface area contributed by atoms with E-state index in [0.717, 1.165) is 0 Å². The monoisotopic (exact) mass is 315 g/mol. The molecule has 0 saturated carbocycles. The van der Waals surface area contributed by atoms with E-state index in [1.807, 2.05) is 0 Å². The van der Waals surface area contributed by atoms with Gasteiger partial charge in [0.1, 0.15) is 12.4 Å². The Hall–Kier alpha value is -1.63. The first-order valence-corrected chi connectivity index (χ1v) is 6.37. The molecule has 0 aliphatic heterocycles. The first-order chi connectivity index (χ1) is 9.51. The third-order valence-electron chi connectivity index (χ3n) is 2.59. The number of hydrogen-bond donors (Lipinski definition) is 1. The van der Waals surface area contributed by atoms with Crippen LogP contribution in [0.25, 0.3) is 0 Å². The number of carbonyl (C=O) groups is 1. The molecule has 0 aliphatic rings. The summed E-state index contributed by atoms with van der Waals surface area (Å²) in [7, 11) is 1.24. The summed E-state index contributed by atoms with van der Waals surface area (Å²) in [5.41, 5.74) is 0.520. The van der Waals surface area contributed by atoms with E-state index >= 15 is 0 Å². The smallest absolute Gasteiger partial charge is 0.377 e.